The number of aryl methyl sites for hydroxylation is 1. The zero-order valence-corrected chi connectivity index (χ0v) is 11.2. The molecule has 0 aliphatic rings. The van der Waals surface area contributed by atoms with Gasteiger partial charge >= 0.3 is 0 Å². The van der Waals surface area contributed by atoms with Gasteiger partial charge in [0.05, 0.1) is 24.2 Å². The van der Waals surface area contributed by atoms with Crippen LogP contribution >= 0.6 is 0 Å². The lowest BCUT2D eigenvalue weighted by Gasteiger charge is -2.07. The van der Waals surface area contributed by atoms with Crippen molar-refractivity contribution in [1.82, 2.24) is 9.78 Å². The van der Waals surface area contributed by atoms with Crippen molar-refractivity contribution in [2.45, 2.75) is 6.42 Å². The number of hydrogen-bond donors (Lipinski definition) is 1. The van der Waals surface area contributed by atoms with Crippen molar-refractivity contribution >= 4 is 22.3 Å². The molecule has 0 aliphatic heterocycles. The number of nitrogens with zero attached hydrogens (tertiary/aromatic N) is 3. The smallest absolute Gasteiger partial charge is 0.0699 e. The molecule has 98 valence electrons. The van der Waals surface area contributed by atoms with Gasteiger partial charge in [0, 0.05) is 23.8 Å². The summed E-state index contributed by atoms with van der Waals surface area (Å²) in [6.45, 7) is 0. The highest BCUT2D eigenvalue weighted by Crippen LogP contribution is 2.22. The third-order valence-electron chi connectivity index (χ3n) is 3.27. The van der Waals surface area contributed by atoms with E-state index in [4.69, 9.17) is 5.26 Å². The summed E-state index contributed by atoms with van der Waals surface area (Å²) in [6, 6.07) is 16.2. The number of rotatable bonds is 3. The van der Waals surface area contributed by atoms with E-state index in [1.807, 2.05) is 48.3 Å². The molecule has 1 N–H and O–H groups in total. The highest BCUT2D eigenvalue weighted by Gasteiger charge is 2.01. The summed E-state index contributed by atoms with van der Waals surface area (Å²) in [6.07, 6.45) is 2.30. The Labute approximate surface area is 117 Å². The maximum Gasteiger partial charge on any atom is 0.0699 e. The number of benzene rings is 2. The second-order valence-electron chi connectivity index (χ2n) is 4.70. The largest absolute Gasteiger partial charge is 0.355 e. The van der Waals surface area contributed by atoms with E-state index in [0.717, 1.165) is 27.8 Å². The molecule has 20 heavy (non-hydrogen) atoms. The first-order valence-electron chi connectivity index (χ1n) is 6.41. The molecule has 2 aromatic carbocycles. The number of hydrogen-bond acceptors (Lipinski definition) is 3. The first kappa shape index (κ1) is 12.2. The van der Waals surface area contributed by atoms with Gasteiger partial charge in [0.2, 0.25) is 0 Å². The Morgan fingerprint density at radius 3 is 2.65 bits per heavy atom. The molecule has 4 nitrogen and oxygen atoms in total. The van der Waals surface area contributed by atoms with Crippen molar-refractivity contribution in [3.8, 4) is 6.07 Å². The van der Waals surface area contributed by atoms with Crippen LogP contribution in [0, 0.1) is 11.3 Å². The second-order valence-corrected chi connectivity index (χ2v) is 4.70. The lowest BCUT2D eigenvalue weighted by Crippen LogP contribution is -1.93. The van der Waals surface area contributed by atoms with Crippen LogP contribution in [-0.4, -0.2) is 9.78 Å². The van der Waals surface area contributed by atoms with E-state index in [0.29, 0.717) is 6.42 Å². The Balaban J connectivity index is 1.85. The molecule has 0 amide bonds. The summed E-state index contributed by atoms with van der Waals surface area (Å²) in [5.74, 6) is 0. The van der Waals surface area contributed by atoms with Crippen molar-refractivity contribution in [2.24, 2.45) is 7.05 Å². The van der Waals surface area contributed by atoms with Gasteiger partial charge in [-0.25, -0.2) is 0 Å². The molecule has 1 heterocycles. The Morgan fingerprint density at radius 2 is 1.90 bits per heavy atom. The van der Waals surface area contributed by atoms with Gasteiger partial charge in [-0.05, 0) is 35.9 Å². The highest BCUT2D eigenvalue weighted by molar-refractivity contribution is 5.83. The van der Waals surface area contributed by atoms with E-state index in [-0.39, 0.29) is 0 Å². The molecule has 0 unspecified atom stereocenters. The second kappa shape index (κ2) is 5.06. The summed E-state index contributed by atoms with van der Waals surface area (Å²) < 4.78 is 1.86. The van der Waals surface area contributed by atoms with Crippen molar-refractivity contribution in [3.63, 3.8) is 0 Å². The Hall–Kier alpha value is -2.80. The third-order valence-corrected chi connectivity index (χ3v) is 3.27. The van der Waals surface area contributed by atoms with Crippen LogP contribution in [0.3, 0.4) is 0 Å². The van der Waals surface area contributed by atoms with Gasteiger partial charge in [0.1, 0.15) is 0 Å². The first-order valence-corrected chi connectivity index (χ1v) is 6.41. The normalized spacial score (nSPS) is 10.4. The molecule has 0 spiro atoms. The van der Waals surface area contributed by atoms with E-state index >= 15 is 0 Å². The molecular weight excluding hydrogens is 248 g/mol. The average Bonchev–Trinajstić information content (AvgIpc) is 2.83. The zero-order chi connectivity index (χ0) is 13.9. The van der Waals surface area contributed by atoms with Crippen molar-refractivity contribution in [2.75, 3.05) is 5.32 Å². The fraction of sp³-hybridized carbons (Fsp3) is 0.125. The predicted molar refractivity (Wildman–Crippen MR) is 79.8 cm³/mol. The molecule has 0 atom stereocenters. The van der Waals surface area contributed by atoms with E-state index in [9.17, 15) is 0 Å². The Kier molecular flexibility index (Phi) is 3.10. The van der Waals surface area contributed by atoms with Crippen LogP contribution in [0.4, 0.5) is 11.4 Å². The fourth-order valence-electron chi connectivity index (χ4n) is 2.19. The molecule has 0 radical (unpaired) electrons. The van der Waals surface area contributed by atoms with Gasteiger partial charge in [0.25, 0.3) is 0 Å². The maximum absolute atomic E-state index is 8.66. The summed E-state index contributed by atoms with van der Waals surface area (Å²) in [7, 11) is 1.93. The molecule has 0 bridgehead atoms. The predicted octanol–water partition coefficient (Wildman–Crippen LogP) is 3.38. The number of nitriles is 1. The molecule has 3 aromatic rings. The van der Waals surface area contributed by atoms with Crippen LogP contribution in [0.5, 0.6) is 0 Å². The first-order chi connectivity index (χ1) is 9.76. The van der Waals surface area contributed by atoms with Crippen LogP contribution in [0.1, 0.15) is 5.56 Å². The topological polar surface area (TPSA) is 53.6 Å². The number of aromatic nitrogens is 2. The van der Waals surface area contributed by atoms with Crippen LogP contribution in [0.25, 0.3) is 10.9 Å². The molecule has 0 saturated carbocycles. The maximum atomic E-state index is 8.66. The van der Waals surface area contributed by atoms with Gasteiger partial charge < -0.3 is 5.32 Å². The summed E-state index contributed by atoms with van der Waals surface area (Å²) >= 11 is 0. The van der Waals surface area contributed by atoms with Gasteiger partial charge in [-0.2, -0.15) is 10.4 Å². The standard InChI is InChI=1S/C16H14N4/c1-20-16-10-15(7-4-13(16)11-18-20)19-14-5-2-12(3-6-14)8-9-17/h2-7,10-11,19H,8H2,1H3. The molecule has 0 fully saturated rings. The van der Waals surface area contributed by atoms with Gasteiger partial charge in [-0.1, -0.05) is 12.1 Å². The van der Waals surface area contributed by atoms with E-state index < -0.39 is 0 Å². The summed E-state index contributed by atoms with van der Waals surface area (Å²) in [5, 5.41) is 17.4. The van der Waals surface area contributed by atoms with Crippen LogP contribution < -0.4 is 5.32 Å². The monoisotopic (exact) mass is 262 g/mol. The molecule has 3 rings (SSSR count). The van der Waals surface area contributed by atoms with Crippen molar-refractivity contribution in [1.29, 1.82) is 5.26 Å². The van der Waals surface area contributed by atoms with Gasteiger partial charge in [-0.3, -0.25) is 4.68 Å². The molecule has 0 aliphatic carbocycles. The van der Waals surface area contributed by atoms with E-state index in [2.05, 4.69) is 28.6 Å². The summed E-state index contributed by atoms with van der Waals surface area (Å²) in [5.41, 5.74) is 4.15. The molecule has 1 aromatic heterocycles. The Morgan fingerprint density at radius 1 is 1.15 bits per heavy atom. The number of nitrogens with one attached hydrogen (secondary N) is 1. The van der Waals surface area contributed by atoms with Crippen LogP contribution in [-0.2, 0) is 13.5 Å². The zero-order valence-electron chi connectivity index (χ0n) is 11.2. The minimum atomic E-state index is 0.446. The number of anilines is 2. The Bertz CT molecular complexity index is 778. The summed E-state index contributed by atoms with van der Waals surface area (Å²) in [4.78, 5) is 0. The van der Waals surface area contributed by atoms with Crippen molar-refractivity contribution < 1.29 is 0 Å². The van der Waals surface area contributed by atoms with Gasteiger partial charge in [0.15, 0.2) is 0 Å². The molecular formula is C16H14N4. The van der Waals surface area contributed by atoms with Crippen molar-refractivity contribution in [3.05, 3.63) is 54.2 Å². The van der Waals surface area contributed by atoms with E-state index in [1.165, 1.54) is 0 Å². The number of fused-ring (bicyclic) bond motifs is 1. The van der Waals surface area contributed by atoms with Gasteiger partial charge in [-0.15, -0.1) is 0 Å². The quantitative estimate of drug-likeness (QED) is 0.787. The van der Waals surface area contributed by atoms with Crippen LogP contribution in [0.2, 0.25) is 0 Å². The lowest BCUT2D eigenvalue weighted by molar-refractivity contribution is 0.797. The molecule has 0 saturated heterocycles. The lowest BCUT2D eigenvalue weighted by atomic mass is 10.1. The fourth-order valence-corrected chi connectivity index (χ4v) is 2.19. The van der Waals surface area contributed by atoms with E-state index in [1.54, 1.807) is 0 Å². The highest BCUT2D eigenvalue weighted by atomic mass is 15.2. The molecule has 4 heteroatoms. The SMILES string of the molecule is Cn1ncc2ccc(Nc3ccc(CC#N)cc3)cc21. The average molecular weight is 262 g/mol. The third kappa shape index (κ3) is 2.34. The minimum Gasteiger partial charge on any atom is -0.355 e. The minimum absolute atomic E-state index is 0.446. The van der Waals surface area contributed by atoms with Crippen LogP contribution in [0.15, 0.2) is 48.7 Å².